The molecule has 1 heterocycles. The summed E-state index contributed by atoms with van der Waals surface area (Å²) in [7, 11) is 1.54. The Morgan fingerprint density at radius 2 is 2.19 bits per heavy atom. The summed E-state index contributed by atoms with van der Waals surface area (Å²) in [6, 6.07) is 0. The summed E-state index contributed by atoms with van der Waals surface area (Å²) in [5, 5.41) is 9.50. The highest BCUT2D eigenvalue weighted by Crippen LogP contribution is 2.41. The molecule has 0 aliphatic rings. The number of halogens is 3. The fraction of sp³-hybridized carbons (Fsp3) is 0.500. The second-order valence-electron chi connectivity index (χ2n) is 2.83. The van der Waals surface area contributed by atoms with Crippen LogP contribution >= 0.6 is 46.1 Å². The first-order chi connectivity index (χ1) is 7.36. The highest BCUT2D eigenvalue weighted by atomic mass is 35.6. The zero-order valence-corrected chi connectivity index (χ0v) is 11.3. The molecule has 1 aromatic heterocycles. The molecule has 4 nitrogen and oxygen atoms in total. The summed E-state index contributed by atoms with van der Waals surface area (Å²) in [6.07, 6.45) is 0.488. The predicted molar refractivity (Wildman–Crippen MR) is 63.9 cm³/mol. The number of carboxylic acid groups (broad SMARTS) is 1. The van der Waals surface area contributed by atoms with Crippen molar-refractivity contribution in [3.63, 3.8) is 0 Å². The molecule has 0 radical (unpaired) electrons. The van der Waals surface area contributed by atoms with Crippen LogP contribution < -0.4 is 0 Å². The standard InChI is InChI=1S/C8H8Cl3NO3S/c1-15-3-2-4-12-6(8(9,10)11)5(16-4)7(13)14/h2-3H2,1H3,(H,13,14). The molecule has 0 aromatic carbocycles. The van der Waals surface area contributed by atoms with Gasteiger partial charge in [-0.3, -0.25) is 0 Å². The number of nitrogens with zero attached hydrogens (tertiary/aromatic N) is 1. The van der Waals surface area contributed by atoms with Crippen molar-refractivity contribution in [2.45, 2.75) is 10.2 Å². The molecule has 90 valence electrons. The van der Waals surface area contributed by atoms with Gasteiger partial charge in [-0.1, -0.05) is 34.8 Å². The molecule has 0 spiro atoms. The van der Waals surface area contributed by atoms with Gasteiger partial charge >= 0.3 is 5.97 Å². The molecule has 1 aromatic rings. The minimum Gasteiger partial charge on any atom is -0.477 e. The van der Waals surface area contributed by atoms with E-state index in [9.17, 15) is 4.79 Å². The van der Waals surface area contributed by atoms with Gasteiger partial charge in [-0.15, -0.1) is 11.3 Å². The molecule has 0 atom stereocenters. The Morgan fingerprint density at radius 3 is 2.56 bits per heavy atom. The quantitative estimate of drug-likeness (QED) is 0.869. The fourth-order valence-electron chi connectivity index (χ4n) is 0.998. The Bertz CT molecular complexity index is 388. The van der Waals surface area contributed by atoms with Crippen LogP contribution in [0.2, 0.25) is 0 Å². The second kappa shape index (κ2) is 5.51. The van der Waals surface area contributed by atoms with Crippen molar-refractivity contribution >= 4 is 52.1 Å². The SMILES string of the molecule is COCCc1nc(C(Cl)(Cl)Cl)c(C(=O)O)s1. The molecule has 0 amide bonds. The normalized spacial score (nSPS) is 11.8. The van der Waals surface area contributed by atoms with Gasteiger partial charge in [0.05, 0.1) is 11.6 Å². The average molecular weight is 305 g/mol. The Morgan fingerprint density at radius 1 is 1.56 bits per heavy atom. The van der Waals surface area contributed by atoms with Gasteiger partial charge in [0.25, 0.3) is 0 Å². The molecular weight excluding hydrogens is 297 g/mol. The van der Waals surface area contributed by atoms with Gasteiger partial charge in [-0.25, -0.2) is 9.78 Å². The van der Waals surface area contributed by atoms with Crippen molar-refractivity contribution in [2.75, 3.05) is 13.7 Å². The minimum atomic E-state index is -1.82. The molecule has 0 aliphatic heterocycles. The molecule has 0 aliphatic carbocycles. The van der Waals surface area contributed by atoms with E-state index in [1.54, 1.807) is 7.11 Å². The van der Waals surface area contributed by atoms with Gasteiger partial charge in [0.15, 0.2) is 0 Å². The zero-order chi connectivity index (χ0) is 12.3. The molecule has 0 unspecified atom stereocenters. The number of rotatable bonds is 4. The number of carboxylic acids is 1. The van der Waals surface area contributed by atoms with Gasteiger partial charge in [0, 0.05) is 13.5 Å². The van der Waals surface area contributed by atoms with Crippen LogP contribution in [0.4, 0.5) is 0 Å². The van der Waals surface area contributed by atoms with Crippen molar-refractivity contribution in [3.8, 4) is 0 Å². The van der Waals surface area contributed by atoms with E-state index in [4.69, 9.17) is 44.6 Å². The number of hydrogen-bond donors (Lipinski definition) is 1. The van der Waals surface area contributed by atoms with Gasteiger partial charge in [-0.05, 0) is 0 Å². The Balaban J connectivity index is 3.06. The minimum absolute atomic E-state index is 0.0406. The number of aromatic carboxylic acids is 1. The number of carbonyl (C=O) groups is 1. The van der Waals surface area contributed by atoms with E-state index in [1.807, 2.05) is 0 Å². The molecule has 1 N–H and O–H groups in total. The summed E-state index contributed by atoms with van der Waals surface area (Å²) in [5.41, 5.74) is -0.0406. The first-order valence-corrected chi connectivity index (χ1v) is 6.10. The first kappa shape index (κ1) is 14.0. The van der Waals surface area contributed by atoms with Crippen molar-refractivity contribution < 1.29 is 14.6 Å². The lowest BCUT2D eigenvalue weighted by Crippen LogP contribution is -2.08. The van der Waals surface area contributed by atoms with Crippen LogP contribution in [0, 0.1) is 0 Å². The molecule has 8 heteroatoms. The second-order valence-corrected chi connectivity index (χ2v) is 6.20. The maximum Gasteiger partial charge on any atom is 0.347 e. The smallest absolute Gasteiger partial charge is 0.347 e. The third kappa shape index (κ3) is 3.46. The number of thiazole rings is 1. The molecule has 0 bridgehead atoms. The average Bonchev–Trinajstić information content (AvgIpc) is 2.58. The summed E-state index contributed by atoms with van der Waals surface area (Å²) in [6.45, 7) is 0.436. The lowest BCUT2D eigenvalue weighted by Gasteiger charge is -2.07. The number of aromatic nitrogens is 1. The van der Waals surface area contributed by atoms with Crippen LogP contribution in [-0.2, 0) is 15.0 Å². The van der Waals surface area contributed by atoms with E-state index in [-0.39, 0.29) is 10.6 Å². The summed E-state index contributed by atoms with van der Waals surface area (Å²) >= 11 is 17.9. The molecule has 16 heavy (non-hydrogen) atoms. The summed E-state index contributed by atoms with van der Waals surface area (Å²) < 4.78 is 3.04. The van der Waals surface area contributed by atoms with Crippen molar-refractivity contribution in [1.82, 2.24) is 4.98 Å². The number of ether oxygens (including phenoxy) is 1. The van der Waals surface area contributed by atoms with Crippen LogP contribution in [0.3, 0.4) is 0 Å². The molecule has 0 saturated carbocycles. The maximum absolute atomic E-state index is 10.9. The molecular formula is C8H8Cl3NO3S. The predicted octanol–water partition coefficient (Wildman–Crippen LogP) is 2.86. The molecule has 0 saturated heterocycles. The highest BCUT2D eigenvalue weighted by Gasteiger charge is 2.33. The molecule has 1 rings (SSSR count). The van der Waals surface area contributed by atoms with Crippen LogP contribution in [0.15, 0.2) is 0 Å². The van der Waals surface area contributed by atoms with E-state index in [1.165, 1.54) is 0 Å². The van der Waals surface area contributed by atoms with Gasteiger partial charge < -0.3 is 9.84 Å². The Kier molecular flexibility index (Phi) is 4.82. The number of alkyl halides is 3. The zero-order valence-electron chi connectivity index (χ0n) is 8.17. The summed E-state index contributed by atoms with van der Waals surface area (Å²) in [4.78, 5) is 14.9. The van der Waals surface area contributed by atoms with Crippen LogP contribution in [-0.4, -0.2) is 29.8 Å². The van der Waals surface area contributed by atoms with E-state index < -0.39 is 9.76 Å². The monoisotopic (exact) mass is 303 g/mol. The fourth-order valence-corrected chi connectivity index (χ4v) is 2.52. The summed E-state index contributed by atoms with van der Waals surface area (Å²) in [5.74, 6) is -1.15. The Labute approximate surface area is 111 Å². The largest absolute Gasteiger partial charge is 0.477 e. The van der Waals surface area contributed by atoms with Crippen LogP contribution in [0.25, 0.3) is 0 Å². The van der Waals surface area contributed by atoms with E-state index in [0.717, 1.165) is 11.3 Å². The van der Waals surface area contributed by atoms with Crippen LogP contribution in [0.1, 0.15) is 20.4 Å². The third-order valence-electron chi connectivity index (χ3n) is 1.65. The van der Waals surface area contributed by atoms with Gasteiger partial charge in [0.2, 0.25) is 3.79 Å². The van der Waals surface area contributed by atoms with Crippen molar-refractivity contribution in [3.05, 3.63) is 15.6 Å². The lowest BCUT2D eigenvalue weighted by molar-refractivity contribution is 0.0701. The first-order valence-electron chi connectivity index (χ1n) is 4.15. The highest BCUT2D eigenvalue weighted by molar-refractivity contribution is 7.13. The maximum atomic E-state index is 10.9. The number of methoxy groups -OCH3 is 1. The van der Waals surface area contributed by atoms with Crippen molar-refractivity contribution in [1.29, 1.82) is 0 Å². The van der Waals surface area contributed by atoms with E-state index >= 15 is 0 Å². The van der Waals surface area contributed by atoms with E-state index in [2.05, 4.69) is 4.98 Å². The Hall–Kier alpha value is -0.0700. The molecule has 0 fully saturated rings. The third-order valence-corrected chi connectivity index (χ3v) is 3.29. The van der Waals surface area contributed by atoms with Gasteiger partial charge in [0.1, 0.15) is 10.6 Å². The van der Waals surface area contributed by atoms with Gasteiger partial charge in [-0.2, -0.15) is 0 Å². The van der Waals surface area contributed by atoms with Crippen molar-refractivity contribution in [2.24, 2.45) is 0 Å². The van der Waals surface area contributed by atoms with Crippen LogP contribution in [0.5, 0.6) is 0 Å². The van der Waals surface area contributed by atoms with E-state index in [0.29, 0.717) is 18.0 Å². The number of hydrogen-bond acceptors (Lipinski definition) is 4. The topological polar surface area (TPSA) is 59.4 Å². The lowest BCUT2D eigenvalue weighted by atomic mass is 10.4.